The molecule has 7 nitrogen and oxygen atoms in total. The molecular formula is C26H36FN5O2S. The van der Waals surface area contributed by atoms with Crippen LogP contribution >= 0.6 is 11.3 Å². The third kappa shape index (κ3) is 5.46. The van der Waals surface area contributed by atoms with Crippen LogP contribution in [0.2, 0.25) is 0 Å². The van der Waals surface area contributed by atoms with Crippen LogP contribution in [0.1, 0.15) is 78.6 Å². The minimum Gasteiger partial charge on any atom is -0.403 e. The van der Waals surface area contributed by atoms with Gasteiger partial charge in [0.1, 0.15) is 5.82 Å². The Labute approximate surface area is 210 Å². The van der Waals surface area contributed by atoms with Crippen LogP contribution in [0.15, 0.2) is 24.5 Å². The fraction of sp³-hybridized carbons (Fsp3) is 0.538. The Bertz CT molecular complexity index is 1130. The summed E-state index contributed by atoms with van der Waals surface area (Å²) in [6.45, 7) is 5.71. The van der Waals surface area contributed by atoms with E-state index >= 15 is 4.39 Å². The lowest BCUT2D eigenvalue weighted by atomic mass is 9.86. The highest BCUT2D eigenvalue weighted by Crippen LogP contribution is 2.41. The van der Waals surface area contributed by atoms with E-state index in [2.05, 4.69) is 13.8 Å². The number of rotatable bonds is 8. The number of fused-ring (bicyclic) bond motifs is 1. The van der Waals surface area contributed by atoms with Crippen molar-refractivity contribution in [2.24, 2.45) is 11.6 Å². The summed E-state index contributed by atoms with van der Waals surface area (Å²) < 4.78 is 16.5. The third-order valence-electron chi connectivity index (χ3n) is 7.13. The van der Waals surface area contributed by atoms with Crippen molar-refractivity contribution in [2.75, 3.05) is 26.7 Å². The predicted molar refractivity (Wildman–Crippen MR) is 138 cm³/mol. The first-order chi connectivity index (χ1) is 16.7. The molecule has 2 aliphatic rings. The molecule has 1 atom stereocenters. The lowest BCUT2D eigenvalue weighted by molar-refractivity contribution is -0.132. The number of carbonyl (C=O) groups excluding carboxylic acids is 2. The average Bonchev–Trinajstić information content (AvgIpc) is 3.60. The minimum absolute atomic E-state index is 0.00765. The van der Waals surface area contributed by atoms with E-state index in [9.17, 15) is 9.59 Å². The maximum Gasteiger partial charge on any atom is 0.263 e. The second-order valence-electron chi connectivity index (χ2n) is 10.0. The van der Waals surface area contributed by atoms with Gasteiger partial charge in [-0.05, 0) is 54.2 Å². The molecule has 1 unspecified atom stereocenters. The van der Waals surface area contributed by atoms with Crippen molar-refractivity contribution in [3.05, 3.63) is 46.4 Å². The summed E-state index contributed by atoms with van der Waals surface area (Å²) in [4.78, 5) is 30.0. The first-order valence-corrected chi connectivity index (χ1v) is 13.2. The van der Waals surface area contributed by atoms with E-state index in [-0.39, 0.29) is 35.9 Å². The van der Waals surface area contributed by atoms with Crippen LogP contribution < -0.4 is 11.6 Å². The average molecular weight is 502 g/mol. The van der Waals surface area contributed by atoms with Crippen LogP contribution in [0.25, 0.3) is 10.1 Å². The molecular weight excluding hydrogens is 465 g/mol. The van der Waals surface area contributed by atoms with Gasteiger partial charge in [-0.25, -0.2) is 10.2 Å². The number of nitrogens with zero attached hydrogens (tertiary/aromatic N) is 3. The number of piperidine rings is 1. The van der Waals surface area contributed by atoms with Crippen molar-refractivity contribution in [1.82, 2.24) is 14.8 Å². The van der Waals surface area contributed by atoms with E-state index in [1.54, 1.807) is 4.90 Å². The summed E-state index contributed by atoms with van der Waals surface area (Å²) in [6, 6.07) is 4.15. The molecule has 1 aromatic carbocycles. The van der Waals surface area contributed by atoms with Gasteiger partial charge in [-0.1, -0.05) is 19.9 Å². The summed E-state index contributed by atoms with van der Waals surface area (Å²) in [5, 5.41) is 2.22. The molecule has 0 radical (unpaired) electrons. The number of hydrogen-bond donors (Lipinski definition) is 2. The van der Waals surface area contributed by atoms with Crippen molar-refractivity contribution in [2.45, 2.75) is 63.8 Å². The Morgan fingerprint density at radius 2 is 2.03 bits per heavy atom. The zero-order chi connectivity index (χ0) is 25.3. The third-order valence-corrected chi connectivity index (χ3v) is 8.25. The molecule has 0 spiro atoms. The summed E-state index contributed by atoms with van der Waals surface area (Å²) >= 11 is 1.26. The first kappa shape index (κ1) is 25.4. The molecule has 1 saturated heterocycles. The van der Waals surface area contributed by atoms with E-state index in [1.807, 2.05) is 24.1 Å². The monoisotopic (exact) mass is 501 g/mol. The standard InChI is InChI=1S/C26H36FN5O2S/c1-16(2)19-13-20(17-5-4-10-31(15-17)23(33)8-11-32(29)12-9-28)24(27)25-21(19)14-22(35-25)26(34)30(3)18-6-7-18/h9,12-14,16-18H,4-8,10-11,15,28-29H2,1-3H3/b12-9-. The van der Waals surface area contributed by atoms with E-state index in [4.69, 9.17) is 11.6 Å². The molecule has 9 heteroatoms. The summed E-state index contributed by atoms with van der Waals surface area (Å²) in [6.07, 6.45) is 6.84. The first-order valence-electron chi connectivity index (χ1n) is 12.4. The largest absolute Gasteiger partial charge is 0.403 e. The highest BCUT2D eigenvalue weighted by Gasteiger charge is 2.32. The van der Waals surface area contributed by atoms with Crippen LogP contribution in [0.5, 0.6) is 0 Å². The molecule has 1 aliphatic heterocycles. The number of likely N-dealkylation sites (tertiary alicyclic amines) is 1. The smallest absolute Gasteiger partial charge is 0.263 e. The van der Waals surface area contributed by atoms with Crippen molar-refractivity contribution in [3.8, 4) is 0 Å². The second-order valence-corrected chi connectivity index (χ2v) is 11.1. The number of nitrogens with two attached hydrogens (primary N) is 2. The molecule has 4 N–H and O–H groups in total. The second kappa shape index (κ2) is 10.5. The van der Waals surface area contributed by atoms with E-state index in [0.717, 1.165) is 36.6 Å². The molecule has 4 rings (SSSR count). The van der Waals surface area contributed by atoms with Gasteiger partial charge in [0.05, 0.1) is 9.58 Å². The van der Waals surface area contributed by atoms with Gasteiger partial charge in [-0.2, -0.15) is 0 Å². The minimum atomic E-state index is -0.247. The predicted octanol–water partition coefficient (Wildman–Crippen LogP) is 4.10. The van der Waals surface area contributed by atoms with Crippen LogP contribution in [-0.4, -0.2) is 59.3 Å². The van der Waals surface area contributed by atoms with E-state index < -0.39 is 0 Å². The van der Waals surface area contributed by atoms with Crippen LogP contribution in [0.4, 0.5) is 4.39 Å². The Morgan fingerprint density at radius 1 is 1.29 bits per heavy atom. The maximum absolute atomic E-state index is 16.0. The topological polar surface area (TPSA) is 95.9 Å². The fourth-order valence-electron chi connectivity index (χ4n) is 4.92. The van der Waals surface area contributed by atoms with Gasteiger partial charge in [0.2, 0.25) is 5.91 Å². The van der Waals surface area contributed by atoms with Crippen molar-refractivity contribution in [1.29, 1.82) is 0 Å². The van der Waals surface area contributed by atoms with Crippen molar-refractivity contribution < 1.29 is 14.0 Å². The highest BCUT2D eigenvalue weighted by molar-refractivity contribution is 7.20. The molecule has 2 fully saturated rings. The maximum atomic E-state index is 16.0. The quantitative estimate of drug-likeness (QED) is 0.419. The highest BCUT2D eigenvalue weighted by atomic mass is 32.1. The van der Waals surface area contributed by atoms with Crippen molar-refractivity contribution in [3.63, 3.8) is 0 Å². The van der Waals surface area contributed by atoms with Gasteiger partial charge in [-0.15, -0.1) is 11.3 Å². The molecule has 1 aromatic heterocycles. The zero-order valence-electron chi connectivity index (χ0n) is 20.8. The molecule has 1 aliphatic carbocycles. The van der Waals surface area contributed by atoms with Crippen LogP contribution in [0, 0.1) is 5.82 Å². The van der Waals surface area contributed by atoms with Crippen LogP contribution in [0.3, 0.4) is 0 Å². The lowest BCUT2D eigenvalue weighted by Crippen LogP contribution is -2.41. The Morgan fingerprint density at radius 3 is 2.69 bits per heavy atom. The summed E-state index contributed by atoms with van der Waals surface area (Å²) in [5.74, 6) is 5.61. The molecule has 2 aromatic rings. The number of hydrazine groups is 1. The van der Waals surface area contributed by atoms with Gasteiger partial charge in [0.15, 0.2) is 0 Å². The Balaban J connectivity index is 1.60. The lowest BCUT2D eigenvalue weighted by Gasteiger charge is -2.34. The number of benzene rings is 1. The van der Waals surface area contributed by atoms with Gasteiger partial charge in [-0.3, -0.25) is 9.59 Å². The molecule has 2 heterocycles. The SMILES string of the molecule is CC(C)c1cc(C2CCCN(C(=O)CCN(N)/C=C\N)C2)c(F)c2sc(C(=O)N(C)C3CC3)cc12. The Kier molecular flexibility index (Phi) is 7.66. The van der Waals surface area contributed by atoms with Gasteiger partial charge in [0, 0.05) is 57.5 Å². The zero-order valence-corrected chi connectivity index (χ0v) is 21.6. The van der Waals surface area contributed by atoms with Gasteiger partial charge >= 0.3 is 0 Å². The van der Waals surface area contributed by atoms with E-state index in [1.165, 1.54) is 28.7 Å². The van der Waals surface area contributed by atoms with Crippen LogP contribution in [-0.2, 0) is 4.79 Å². The summed E-state index contributed by atoms with van der Waals surface area (Å²) in [5.41, 5.74) is 7.05. The molecule has 1 saturated carbocycles. The number of halogens is 1. The van der Waals surface area contributed by atoms with Gasteiger partial charge in [0.25, 0.3) is 5.91 Å². The van der Waals surface area contributed by atoms with Gasteiger partial charge < -0.3 is 20.5 Å². The van der Waals surface area contributed by atoms with Crippen molar-refractivity contribution >= 4 is 33.2 Å². The molecule has 0 bridgehead atoms. The molecule has 2 amide bonds. The number of amides is 2. The number of carbonyl (C=O) groups is 2. The fourth-order valence-corrected chi connectivity index (χ4v) is 6.04. The molecule has 190 valence electrons. The number of thiophene rings is 1. The Hall–Kier alpha value is -2.65. The normalized spacial score (nSPS) is 18.6. The summed E-state index contributed by atoms with van der Waals surface area (Å²) in [7, 11) is 1.83. The molecule has 35 heavy (non-hydrogen) atoms. The number of hydrogen-bond acceptors (Lipinski definition) is 6. The van der Waals surface area contributed by atoms with E-state index in [0.29, 0.717) is 40.8 Å².